The highest BCUT2D eigenvalue weighted by molar-refractivity contribution is 6.14. The summed E-state index contributed by atoms with van der Waals surface area (Å²) in [6.07, 6.45) is 8.29. The highest BCUT2D eigenvalue weighted by Crippen LogP contribution is 1.97. The average Bonchev–Trinajstić information content (AvgIpc) is 2.23. The fourth-order valence-corrected chi connectivity index (χ4v) is 0.966. The molecule has 0 aliphatic heterocycles. The maximum Gasteiger partial charge on any atom is 0.303 e. The predicted molar refractivity (Wildman–Crippen MR) is 60.1 cm³/mol. The first kappa shape index (κ1) is 14.3. The highest BCUT2D eigenvalue weighted by atomic mass is 16.4. The van der Waals surface area contributed by atoms with Gasteiger partial charge >= 0.3 is 5.97 Å². The molecule has 0 aromatic carbocycles. The van der Waals surface area contributed by atoms with Crippen molar-refractivity contribution in [3.8, 4) is 0 Å². The van der Waals surface area contributed by atoms with E-state index in [1.54, 1.807) is 0 Å². The second-order valence-electron chi connectivity index (χ2n) is 3.32. The minimum Gasteiger partial charge on any atom is -0.481 e. The molecular formula is C12H16O4. The molecule has 1 aliphatic rings. The Kier molecular flexibility index (Phi) is 7.67. The first-order valence-electron chi connectivity index (χ1n) is 5.22. The Hall–Kier alpha value is -1.71. The lowest BCUT2D eigenvalue weighted by Gasteiger charge is -1.89. The molecule has 0 saturated heterocycles. The normalized spacial score (nSPS) is 13.3. The number of allylic oxidation sites excluding steroid dienone is 4. The van der Waals surface area contributed by atoms with Gasteiger partial charge in [0.25, 0.3) is 0 Å². The number of carboxylic acids is 1. The quantitative estimate of drug-likeness (QED) is 0.584. The topological polar surface area (TPSA) is 71.4 Å². The van der Waals surface area contributed by atoms with Crippen LogP contribution in [0.2, 0.25) is 0 Å². The van der Waals surface area contributed by atoms with E-state index in [2.05, 4.69) is 6.92 Å². The standard InChI is InChI=1S/C6H4O2.C6H12O2/c7-5-1-2-6(8)4-3-5;1-2-3-4-5-6(7)8/h1-4H;2-5H2,1H3,(H,7,8). The van der Waals surface area contributed by atoms with Gasteiger partial charge in [-0.3, -0.25) is 14.4 Å². The van der Waals surface area contributed by atoms with Crippen LogP contribution in [0.4, 0.5) is 0 Å². The zero-order valence-corrected chi connectivity index (χ0v) is 9.31. The fraction of sp³-hybridized carbons (Fsp3) is 0.417. The molecule has 16 heavy (non-hydrogen) atoms. The Balaban J connectivity index is 0.000000281. The summed E-state index contributed by atoms with van der Waals surface area (Å²) in [5.41, 5.74) is 0. The molecule has 1 rings (SSSR count). The van der Waals surface area contributed by atoms with Crippen LogP contribution in [0.3, 0.4) is 0 Å². The van der Waals surface area contributed by atoms with E-state index in [0.29, 0.717) is 6.42 Å². The molecule has 88 valence electrons. The summed E-state index contributed by atoms with van der Waals surface area (Å²) < 4.78 is 0. The van der Waals surface area contributed by atoms with Gasteiger partial charge in [-0.15, -0.1) is 0 Å². The third-order valence-corrected chi connectivity index (χ3v) is 1.82. The van der Waals surface area contributed by atoms with E-state index < -0.39 is 5.97 Å². The van der Waals surface area contributed by atoms with Gasteiger partial charge in [-0.2, -0.15) is 0 Å². The number of unbranched alkanes of at least 4 members (excludes halogenated alkanes) is 2. The van der Waals surface area contributed by atoms with Crippen molar-refractivity contribution in [1.82, 2.24) is 0 Å². The summed E-state index contributed by atoms with van der Waals surface area (Å²) in [7, 11) is 0. The van der Waals surface area contributed by atoms with Crippen molar-refractivity contribution < 1.29 is 19.5 Å². The summed E-state index contributed by atoms with van der Waals surface area (Å²) >= 11 is 0. The molecule has 0 unspecified atom stereocenters. The zero-order valence-electron chi connectivity index (χ0n) is 9.31. The van der Waals surface area contributed by atoms with E-state index in [9.17, 15) is 14.4 Å². The van der Waals surface area contributed by atoms with E-state index in [-0.39, 0.29) is 11.6 Å². The van der Waals surface area contributed by atoms with Crippen LogP contribution in [0.15, 0.2) is 24.3 Å². The predicted octanol–water partition coefficient (Wildman–Crippen LogP) is 1.90. The SMILES string of the molecule is CCCCCC(=O)O.O=C1C=CC(=O)C=C1. The van der Waals surface area contributed by atoms with Crippen LogP contribution in [0.1, 0.15) is 32.6 Å². The number of ketones is 2. The molecule has 0 radical (unpaired) electrons. The van der Waals surface area contributed by atoms with E-state index in [4.69, 9.17) is 5.11 Å². The number of carbonyl (C=O) groups excluding carboxylic acids is 2. The van der Waals surface area contributed by atoms with Crippen molar-refractivity contribution >= 4 is 17.5 Å². The van der Waals surface area contributed by atoms with E-state index in [1.165, 1.54) is 24.3 Å². The molecule has 0 saturated carbocycles. The van der Waals surface area contributed by atoms with Crippen LogP contribution in [0.5, 0.6) is 0 Å². The minimum absolute atomic E-state index is 0.121. The Labute approximate surface area is 94.7 Å². The third-order valence-electron chi connectivity index (χ3n) is 1.82. The summed E-state index contributed by atoms with van der Waals surface area (Å²) in [5.74, 6) is -0.923. The number of rotatable bonds is 4. The third kappa shape index (κ3) is 8.87. The van der Waals surface area contributed by atoms with Gasteiger partial charge in [-0.05, 0) is 30.7 Å². The molecule has 4 heteroatoms. The number of hydrogen-bond acceptors (Lipinski definition) is 3. The van der Waals surface area contributed by atoms with Crippen LogP contribution in [-0.2, 0) is 14.4 Å². The maximum absolute atomic E-state index is 10.3. The lowest BCUT2D eigenvalue weighted by atomic mass is 10.2. The molecule has 0 aromatic rings. The van der Waals surface area contributed by atoms with Gasteiger partial charge in [0, 0.05) is 6.42 Å². The minimum atomic E-state index is -0.682. The lowest BCUT2D eigenvalue weighted by molar-refractivity contribution is -0.137. The Morgan fingerprint density at radius 1 is 1.06 bits per heavy atom. The van der Waals surface area contributed by atoms with Crippen molar-refractivity contribution in [3.63, 3.8) is 0 Å². The molecular weight excluding hydrogens is 208 g/mol. The van der Waals surface area contributed by atoms with Gasteiger partial charge in [0.1, 0.15) is 0 Å². The summed E-state index contributed by atoms with van der Waals surface area (Å²) in [4.78, 5) is 30.4. The number of aliphatic carboxylic acids is 1. The molecule has 0 amide bonds. The summed E-state index contributed by atoms with van der Waals surface area (Å²) in [6.45, 7) is 2.06. The van der Waals surface area contributed by atoms with Crippen molar-refractivity contribution in [2.45, 2.75) is 32.6 Å². The second kappa shape index (κ2) is 8.59. The van der Waals surface area contributed by atoms with Crippen molar-refractivity contribution in [1.29, 1.82) is 0 Å². The molecule has 1 N–H and O–H groups in total. The summed E-state index contributed by atoms with van der Waals surface area (Å²) in [6, 6.07) is 0. The largest absolute Gasteiger partial charge is 0.481 e. The van der Waals surface area contributed by atoms with Gasteiger partial charge in [0.2, 0.25) is 0 Å². The zero-order chi connectivity index (χ0) is 12.4. The first-order valence-corrected chi connectivity index (χ1v) is 5.22. The van der Waals surface area contributed by atoms with Crippen LogP contribution in [0, 0.1) is 0 Å². The number of carboxylic acid groups (broad SMARTS) is 1. The Morgan fingerprint density at radius 2 is 1.50 bits per heavy atom. The molecule has 0 heterocycles. The van der Waals surface area contributed by atoms with E-state index >= 15 is 0 Å². The van der Waals surface area contributed by atoms with Crippen molar-refractivity contribution in [2.75, 3.05) is 0 Å². The van der Waals surface area contributed by atoms with Crippen molar-refractivity contribution in [3.05, 3.63) is 24.3 Å². The molecule has 4 nitrogen and oxygen atoms in total. The highest BCUT2D eigenvalue weighted by Gasteiger charge is 1.97. The van der Waals surface area contributed by atoms with Gasteiger partial charge in [0.15, 0.2) is 11.6 Å². The smallest absolute Gasteiger partial charge is 0.303 e. The van der Waals surface area contributed by atoms with Gasteiger partial charge in [0.05, 0.1) is 0 Å². The van der Waals surface area contributed by atoms with Crippen LogP contribution in [0.25, 0.3) is 0 Å². The van der Waals surface area contributed by atoms with E-state index in [1.807, 2.05) is 0 Å². The van der Waals surface area contributed by atoms with Gasteiger partial charge < -0.3 is 5.11 Å². The molecule has 0 atom stereocenters. The maximum atomic E-state index is 10.3. The second-order valence-corrected chi connectivity index (χ2v) is 3.32. The number of hydrogen-bond donors (Lipinski definition) is 1. The van der Waals surface area contributed by atoms with Crippen LogP contribution < -0.4 is 0 Å². The van der Waals surface area contributed by atoms with Gasteiger partial charge in [-0.25, -0.2) is 0 Å². The molecule has 0 spiro atoms. The molecule has 1 aliphatic carbocycles. The number of carbonyl (C=O) groups is 3. The average molecular weight is 224 g/mol. The molecule has 0 bridgehead atoms. The Bertz CT molecular complexity index is 275. The van der Waals surface area contributed by atoms with Crippen LogP contribution in [-0.4, -0.2) is 22.6 Å². The molecule has 0 fully saturated rings. The monoisotopic (exact) mass is 224 g/mol. The summed E-state index contributed by atoms with van der Waals surface area (Å²) in [5, 5.41) is 8.14. The van der Waals surface area contributed by atoms with E-state index in [0.717, 1.165) is 19.3 Å². The first-order chi connectivity index (χ1) is 7.56. The Morgan fingerprint density at radius 3 is 1.81 bits per heavy atom. The lowest BCUT2D eigenvalue weighted by Crippen LogP contribution is -1.97. The van der Waals surface area contributed by atoms with Crippen LogP contribution >= 0.6 is 0 Å². The van der Waals surface area contributed by atoms with Crippen molar-refractivity contribution in [2.24, 2.45) is 0 Å². The van der Waals surface area contributed by atoms with Gasteiger partial charge in [-0.1, -0.05) is 19.8 Å². The fourth-order valence-electron chi connectivity index (χ4n) is 0.966. The molecule has 0 aromatic heterocycles.